The molecule has 0 radical (unpaired) electrons. The topological polar surface area (TPSA) is 50.6 Å². The minimum absolute atomic E-state index is 0.147. The summed E-state index contributed by atoms with van der Waals surface area (Å²) in [5.41, 5.74) is 2.76. The molecule has 0 atom stereocenters. The van der Waals surface area contributed by atoms with Crippen molar-refractivity contribution in [3.05, 3.63) is 83.6 Å². The third kappa shape index (κ3) is 6.69. The Kier molecular flexibility index (Phi) is 9.53. The van der Waals surface area contributed by atoms with Gasteiger partial charge in [-0.25, -0.2) is 0 Å². The first kappa shape index (κ1) is 24.5. The van der Waals surface area contributed by atoms with Crippen molar-refractivity contribution in [2.75, 3.05) is 39.3 Å². The lowest BCUT2D eigenvalue weighted by Gasteiger charge is -2.39. The maximum Gasteiger partial charge on any atom is 0.266 e. The Bertz CT molecular complexity index is 888. The quantitative estimate of drug-likeness (QED) is 0.389. The van der Waals surface area contributed by atoms with E-state index in [1.54, 1.807) is 6.20 Å². The lowest BCUT2D eigenvalue weighted by molar-refractivity contribution is -0.128. The van der Waals surface area contributed by atoms with Crippen LogP contribution in [0.5, 0.6) is 0 Å². The maximum absolute atomic E-state index is 13.1. The van der Waals surface area contributed by atoms with Crippen molar-refractivity contribution >= 4 is 5.91 Å². The fourth-order valence-corrected chi connectivity index (χ4v) is 4.44. The number of hydrogen-bond donors (Lipinski definition) is 0. The summed E-state index contributed by atoms with van der Waals surface area (Å²) in [5, 5.41) is 9.70. The van der Waals surface area contributed by atoms with Crippen LogP contribution in [0.25, 0.3) is 0 Å². The van der Waals surface area contributed by atoms with E-state index in [1.165, 1.54) is 11.1 Å². The summed E-state index contributed by atoms with van der Waals surface area (Å²) in [6, 6.07) is 23.4. The first-order valence-electron chi connectivity index (χ1n) is 12.2. The Balaban J connectivity index is 1.71. The molecule has 0 unspecified atom stereocenters. The molecule has 1 aliphatic rings. The highest BCUT2D eigenvalue weighted by Crippen LogP contribution is 2.29. The first-order valence-corrected chi connectivity index (χ1v) is 12.2. The summed E-state index contributed by atoms with van der Waals surface area (Å²) in [6.07, 6.45) is 4.93. The standard InChI is InChI=1S/C28H36N4O/c1-3-5-17-30(16-4-2)23-26(22-29)28(33)32-20-18-31(19-21-32)27(24-12-8-6-9-13-24)25-14-10-7-11-15-25/h6-15,23,27H,3-5,16-21H2,1-2H3/b26-23-. The molecular formula is C28H36N4O. The van der Waals surface area contributed by atoms with Crippen molar-refractivity contribution in [1.82, 2.24) is 14.7 Å². The van der Waals surface area contributed by atoms with Gasteiger partial charge in [0.15, 0.2) is 0 Å². The summed E-state index contributed by atoms with van der Waals surface area (Å²) in [4.78, 5) is 19.5. The molecule has 1 amide bonds. The van der Waals surface area contributed by atoms with E-state index in [4.69, 9.17) is 0 Å². The highest BCUT2D eigenvalue weighted by atomic mass is 16.2. The minimum Gasteiger partial charge on any atom is -0.376 e. The second-order valence-corrected chi connectivity index (χ2v) is 8.60. The molecule has 0 N–H and O–H groups in total. The molecule has 1 heterocycles. The predicted molar refractivity (Wildman–Crippen MR) is 133 cm³/mol. The Morgan fingerprint density at radius 2 is 1.52 bits per heavy atom. The smallest absolute Gasteiger partial charge is 0.266 e. The number of nitrogens with zero attached hydrogens (tertiary/aromatic N) is 4. The Morgan fingerprint density at radius 3 is 2.00 bits per heavy atom. The number of unbranched alkanes of at least 4 members (excludes halogenated alkanes) is 1. The van der Waals surface area contributed by atoms with Gasteiger partial charge in [-0.15, -0.1) is 0 Å². The van der Waals surface area contributed by atoms with Crippen molar-refractivity contribution in [3.63, 3.8) is 0 Å². The zero-order chi connectivity index (χ0) is 23.5. The van der Waals surface area contributed by atoms with Crippen molar-refractivity contribution in [1.29, 1.82) is 5.26 Å². The van der Waals surface area contributed by atoms with Crippen LogP contribution in [0.2, 0.25) is 0 Å². The van der Waals surface area contributed by atoms with Crippen molar-refractivity contribution in [2.24, 2.45) is 0 Å². The number of carbonyl (C=O) groups is 1. The van der Waals surface area contributed by atoms with Crippen molar-refractivity contribution < 1.29 is 4.79 Å². The lowest BCUT2D eigenvalue weighted by Crippen LogP contribution is -2.50. The van der Waals surface area contributed by atoms with Gasteiger partial charge in [0.1, 0.15) is 11.6 Å². The first-order chi connectivity index (χ1) is 16.2. The van der Waals surface area contributed by atoms with Crippen LogP contribution >= 0.6 is 0 Å². The number of nitriles is 1. The van der Waals surface area contributed by atoms with E-state index in [9.17, 15) is 10.1 Å². The van der Waals surface area contributed by atoms with Gasteiger partial charge in [-0.2, -0.15) is 5.26 Å². The molecule has 0 spiro atoms. The fraction of sp³-hybridized carbons (Fsp3) is 0.429. The molecule has 0 bridgehead atoms. The summed E-state index contributed by atoms with van der Waals surface area (Å²) in [7, 11) is 0. The van der Waals surface area contributed by atoms with Gasteiger partial charge in [0.25, 0.3) is 5.91 Å². The molecule has 1 fully saturated rings. The fourth-order valence-electron chi connectivity index (χ4n) is 4.44. The van der Waals surface area contributed by atoms with Crippen LogP contribution in [0.3, 0.4) is 0 Å². The average Bonchev–Trinajstić information content (AvgIpc) is 2.87. The van der Waals surface area contributed by atoms with E-state index in [0.29, 0.717) is 13.1 Å². The molecule has 2 aromatic carbocycles. The van der Waals surface area contributed by atoms with E-state index >= 15 is 0 Å². The largest absolute Gasteiger partial charge is 0.376 e. The highest BCUT2D eigenvalue weighted by molar-refractivity contribution is 5.97. The normalized spacial score (nSPS) is 14.8. The molecule has 0 aliphatic carbocycles. The molecule has 3 rings (SSSR count). The molecule has 1 aliphatic heterocycles. The number of hydrogen-bond acceptors (Lipinski definition) is 4. The second kappa shape index (κ2) is 12.8. The molecule has 2 aromatic rings. The SMILES string of the molecule is CCCCN(/C=C(/C#N)C(=O)N1CCN(C(c2ccccc2)c2ccccc2)CC1)CCC. The number of rotatable bonds is 10. The molecule has 5 heteroatoms. The second-order valence-electron chi connectivity index (χ2n) is 8.60. The van der Waals surface area contributed by atoms with Gasteiger partial charge in [-0.1, -0.05) is 80.9 Å². The number of piperazine rings is 1. The van der Waals surface area contributed by atoms with Crippen LogP contribution in [0.4, 0.5) is 0 Å². The van der Waals surface area contributed by atoms with E-state index in [2.05, 4.69) is 78.2 Å². The van der Waals surface area contributed by atoms with E-state index in [1.807, 2.05) is 17.0 Å². The molecule has 33 heavy (non-hydrogen) atoms. The summed E-state index contributed by atoms with van der Waals surface area (Å²) < 4.78 is 0. The molecule has 0 saturated carbocycles. The number of benzene rings is 2. The maximum atomic E-state index is 13.1. The van der Waals surface area contributed by atoms with Crippen LogP contribution in [-0.2, 0) is 4.79 Å². The van der Waals surface area contributed by atoms with Gasteiger partial charge in [-0.05, 0) is 24.0 Å². The Morgan fingerprint density at radius 1 is 0.939 bits per heavy atom. The minimum atomic E-state index is -0.147. The third-order valence-corrected chi connectivity index (χ3v) is 6.17. The van der Waals surface area contributed by atoms with Crippen molar-refractivity contribution in [3.8, 4) is 6.07 Å². The van der Waals surface area contributed by atoms with E-state index in [-0.39, 0.29) is 17.5 Å². The molecule has 174 valence electrons. The molecular weight excluding hydrogens is 408 g/mol. The monoisotopic (exact) mass is 444 g/mol. The van der Waals surface area contributed by atoms with Crippen LogP contribution in [-0.4, -0.2) is 59.9 Å². The van der Waals surface area contributed by atoms with Gasteiger partial charge in [-0.3, -0.25) is 9.69 Å². The van der Waals surface area contributed by atoms with Crippen molar-refractivity contribution in [2.45, 2.75) is 39.2 Å². The van der Waals surface area contributed by atoms with Crippen LogP contribution in [0.15, 0.2) is 72.4 Å². The molecule has 1 saturated heterocycles. The van der Waals surface area contributed by atoms with Gasteiger partial charge < -0.3 is 9.80 Å². The van der Waals surface area contributed by atoms with Crippen LogP contribution in [0, 0.1) is 11.3 Å². The third-order valence-electron chi connectivity index (χ3n) is 6.17. The van der Waals surface area contributed by atoms with Gasteiger partial charge in [0.2, 0.25) is 0 Å². The predicted octanol–water partition coefficient (Wildman–Crippen LogP) is 4.84. The Hall–Kier alpha value is -3.10. The van der Waals surface area contributed by atoms with Gasteiger partial charge in [0.05, 0.1) is 6.04 Å². The highest BCUT2D eigenvalue weighted by Gasteiger charge is 2.29. The zero-order valence-corrected chi connectivity index (χ0v) is 20.0. The number of carbonyl (C=O) groups excluding carboxylic acids is 1. The summed E-state index contributed by atoms with van der Waals surface area (Å²) in [5.74, 6) is -0.147. The van der Waals surface area contributed by atoms with E-state index in [0.717, 1.165) is 45.4 Å². The zero-order valence-electron chi connectivity index (χ0n) is 20.0. The summed E-state index contributed by atoms with van der Waals surface area (Å²) in [6.45, 7) is 8.81. The van der Waals surface area contributed by atoms with E-state index < -0.39 is 0 Å². The summed E-state index contributed by atoms with van der Waals surface area (Å²) >= 11 is 0. The molecule has 5 nitrogen and oxygen atoms in total. The van der Waals surface area contributed by atoms with Crippen LogP contribution in [0.1, 0.15) is 50.3 Å². The van der Waals surface area contributed by atoms with Crippen LogP contribution < -0.4 is 0 Å². The average molecular weight is 445 g/mol. The number of amides is 1. The lowest BCUT2D eigenvalue weighted by atomic mass is 9.96. The van der Waals surface area contributed by atoms with Gasteiger partial charge >= 0.3 is 0 Å². The Labute approximate surface area is 198 Å². The van der Waals surface area contributed by atoms with Gasteiger partial charge in [0, 0.05) is 45.5 Å². The molecule has 0 aromatic heterocycles.